The summed E-state index contributed by atoms with van der Waals surface area (Å²) in [4.78, 5) is 13.8. The van der Waals surface area contributed by atoms with E-state index in [2.05, 4.69) is 66.0 Å². The molecule has 0 bridgehead atoms. The summed E-state index contributed by atoms with van der Waals surface area (Å²) in [5, 5.41) is 0. The number of likely N-dealkylation sites (tertiary alicyclic amines) is 1. The Bertz CT molecular complexity index is 617. The van der Waals surface area contributed by atoms with Crippen molar-refractivity contribution in [1.29, 1.82) is 0 Å². The zero-order valence-electron chi connectivity index (χ0n) is 12.4. The Kier molecular flexibility index (Phi) is 3.84. The second-order valence-corrected chi connectivity index (χ2v) is 7.22. The summed E-state index contributed by atoms with van der Waals surface area (Å²) < 4.78 is 0.935. The van der Waals surface area contributed by atoms with Crippen molar-refractivity contribution in [1.82, 2.24) is 14.9 Å². The summed E-state index contributed by atoms with van der Waals surface area (Å²) in [6, 6.07) is 10.8. The van der Waals surface area contributed by atoms with E-state index in [9.17, 15) is 0 Å². The van der Waals surface area contributed by atoms with E-state index in [4.69, 9.17) is 0 Å². The minimum Gasteiger partial charge on any atom is -0.340 e. The van der Waals surface area contributed by atoms with Gasteiger partial charge in [0.25, 0.3) is 0 Å². The molecule has 4 rings (SSSR count). The third kappa shape index (κ3) is 2.88. The molecule has 0 N–H and O–H groups in total. The van der Waals surface area contributed by atoms with Gasteiger partial charge in [0.05, 0.1) is 4.47 Å². The molecular formula is C17H19BrN4. The number of anilines is 1. The maximum absolute atomic E-state index is 4.43. The molecule has 2 atom stereocenters. The molecule has 0 spiro atoms. The van der Waals surface area contributed by atoms with Crippen LogP contribution in [0.3, 0.4) is 0 Å². The molecule has 22 heavy (non-hydrogen) atoms. The van der Waals surface area contributed by atoms with Gasteiger partial charge in [-0.1, -0.05) is 30.3 Å². The van der Waals surface area contributed by atoms with Crippen LogP contribution in [0.4, 0.5) is 5.95 Å². The van der Waals surface area contributed by atoms with E-state index in [0.717, 1.165) is 41.9 Å². The standard InChI is InChI=1S/C17H19BrN4/c18-16-6-19-17(20-7-16)22-11-14-9-21(10-15(14)12-22)8-13-4-2-1-3-5-13/h1-7,14-15H,8-12H2. The van der Waals surface area contributed by atoms with Gasteiger partial charge in [-0.25, -0.2) is 9.97 Å². The third-order valence-electron chi connectivity index (χ3n) is 4.70. The largest absolute Gasteiger partial charge is 0.340 e. The molecule has 114 valence electrons. The summed E-state index contributed by atoms with van der Waals surface area (Å²) in [7, 11) is 0. The van der Waals surface area contributed by atoms with Crippen LogP contribution in [0.2, 0.25) is 0 Å². The molecule has 1 aromatic carbocycles. The molecule has 2 unspecified atom stereocenters. The lowest BCUT2D eigenvalue weighted by molar-refractivity contribution is 0.308. The van der Waals surface area contributed by atoms with Gasteiger partial charge in [0.1, 0.15) is 0 Å². The highest BCUT2D eigenvalue weighted by atomic mass is 79.9. The highest BCUT2D eigenvalue weighted by Gasteiger charge is 2.40. The Morgan fingerprint density at radius 2 is 1.59 bits per heavy atom. The van der Waals surface area contributed by atoms with Crippen LogP contribution in [0, 0.1) is 11.8 Å². The lowest BCUT2D eigenvalue weighted by Crippen LogP contribution is -2.29. The highest BCUT2D eigenvalue weighted by Crippen LogP contribution is 2.33. The van der Waals surface area contributed by atoms with Crippen molar-refractivity contribution >= 4 is 21.9 Å². The summed E-state index contributed by atoms with van der Waals surface area (Å²) in [6.07, 6.45) is 3.66. The molecule has 2 aromatic rings. The van der Waals surface area contributed by atoms with Crippen LogP contribution in [0.15, 0.2) is 47.2 Å². The topological polar surface area (TPSA) is 32.3 Å². The van der Waals surface area contributed by atoms with Gasteiger partial charge in [-0.2, -0.15) is 0 Å². The van der Waals surface area contributed by atoms with Crippen molar-refractivity contribution in [2.75, 3.05) is 31.1 Å². The van der Waals surface area contributed by atoms with E-state index in [1.807, 2.05) is 12.4 Å². The summed E-state index contributed by atoms with van der Waals surface area (Å²) in [5.41, 5.74) is 1.41. The molecule has 0 saturated carbocycles. The smallest absolute Gasteiger partial charge is 0.225 e. The van der Waals surface area contributed by atoms with Crippen molar-refractivity contribution in [2.24, 2.45) is 11.8 Å². The Labute approximate surface area is 139 Å². The van der Waals surface area contributed by atoms with Gasteiger partial charge in [0, 0.05) is 45.1 Å². The van der Waals surface area contributed by atoms with Crippen LogP contribution in [0.25, 0.3) is 0 Å². The van der Waals surface area contributed by atoms with Crippen LogP contribution in [-0.2, 0) is 6.54 Å². The van der Waals surface area contributed by atoms with E-state index in [-0.39, 0.29) is 0 Å². The molecule has 2 saturated heterocycles. The van der Waals surface area contributed by atoms with Gasteiger partial charge in [0.2, 0.25) is 5.95 Å². The Morgan fingerprint density at radius 1 is 0.955 bits per heavy atom. The zero-order valence-corrected chi connectivity index (χ0v) is 14.0. The Hall–Kier alpha value is -1.46. The molecule has 2 aliphatic rings. The number of nitrogens with zero attached hydrogens (tertiary/aromatic N) is 4. The molecule has 3 heterocycles. The maximum atomic E-state index is 4.43. The fraction of sp³-hybridized carbons (Fsp3) is 0.412. The Morgan fingerprint density at radius 3 is 2.23 bits per heavy atom. The minimum atomic E-state index is 0.746. The van der Waals surface area contributed by atoms with Crippen molar-refractivity contribution in [3.8, 4) is 0 Å². The van der Waals surface area contributed by atoms with E-state index in [1.165, 1.54) is 18.7 Å². The molecule has 2 aliphatic heterocycles. The van der Waals surface area contributed by atoms with Crippen molar-refractivity contribution in [3.63, 3.8) is 0 Å². The number of rotatable bonds is 3. The van der Waals surface area contributed by atoms with E-state index in [1.54, 1.807) is 0 Å². The fourth-order valence-electron chi connectivity index (χ4n) is 3.69. The van der Waals surface area contributed by atoms with Crippen molar-refractivity contribution in [2.45, 2.75) is 6.54 Å². The van der Waals surface area contributed by atoms with Gasteiger partial charge in [-0.05, 0) is 33.3 Å². The Balaban J connectivity index is 1.37. The summed E-state index contributed by atoms with van der Waals surface area (Å²) in [5.74, 6) is 2.36. The number of hydrogen-bond acceptors (Lipinski definition) is 4. The van der Waals surface area contributed by atoms with Crippen LogP contribution < -0.4 is 4.90 Å². The van der Waals surface area contributed by atoms with Crippen LogP contribution in [0.1, 0.15) is 5.56 Å². The second-order valence-electron chi connectivity index (χ2n) is 6.31. The molecular weight excluding hydrogens is 340 g/mol. The highest BCUT2D eigenvalue weighted by molar-refractivity contribution is 9.10. The molecule has 2 fully saturated rings. The van der Waals surface area contributed by atoms with Crippen LogP contribution in [-0.4, -0.2) is 41.0 Å². The first-order chi connectivity index (χ1) is 10.8. The molecule has 4 nitrogen and oxygen atoms in total. The summed E-state index contributed by atoms with van der Waals surface area (Å²) >= 11 is 3.39. The number of hydrogen-bond donors (Lipinski definition) is 0. The molecule has 1 aromatic heterocycles. The fourth-order valence-corrected chi connectivity index (χ4v) is 3.90. The first-order valence-corrected chi connectivity index (χ1v) is 8.56. The second kappa shape index (κ2) is 5.97. The predicted molar refractivity (Wildman–Crippen MR) is 90.6 cm³/mol. The molecule has 5 heteroatoms. The first kappa shape index (κ1) is 14.2. The average Bonchev–Trinajstić information content (AvgIpc) is 3.07. The van der Waals surface area contributed by atoms with Gasteiger partial charge in [-0.15, -0.1) is 0 Å². The normalized spacial score (nSPS) is 24.7. The van der Waals surface area contributed by atoms with Crippen LogP contribution >= 0.6 is 15.9 Å². The number of benzene rings is 1. The third-order valence-corrected chi connectivity index (χ3v) is 5.11. The molecule has 0 amide bonds. The molecule has 0 aliphatic carbocycles. The van der Waals surface area contributed by atoms with E-state index < -0.39 is 0 Å². The van der Waals surface area contributed by atoms with Crippen molar-refractivity contribution in [3.05, 3.63) is 52.8 Å². The first-order valence-electron chi connectivity index (χ1n) is 7.77. The quantitative estimate of drug-likeness (QED) is 0.844. The molecule has 0 radical (unpaired) electrons. The van der Waals surface area contributed by atoms with Gasteiger partial charge in [0.15, 0.2) is 0 Å². The monoisotopic (exact) mass is 358 g/mol. The lowest BCUT2D eigenvalue weighted by atomic mass is 10.0. The van der Waals surface area contributed by atoms with E-state index >= 15 is 0 Å². The zero-order chi connectivity index (χ0) is 14.9. The van der Waals surface area contributed by atoms with Gasteiger partial charge < -0.3 is 4.90 Å². The maximum Gasteiger partial charge on any atom is 0.225 e. The summed E-state index contributed by atoms with van der Waals surface area (Å²) in [6.45, 7) is 5.61. The van der Waals surface area contributed by atoms with Crippen molar-refractivity contribution < 1.29 is 0 Å². The predicted octanol–water partition coefficient (Wildman–Crippen LogP) is 2.81. The number of halogens is 1. The average molecular weight is 359 g/mol. The van der Waals surface area contributed by atoms with E-state index in [0.29, 0.717) is 0 Å². The lowest BCUT2D eigenvalue weighted by Gasteiger charge is -2.21. The SMILES string of the molecule is Brc1cnc(N2CC3CN(Cc4ccccc4)CC3C2)nc1. The number of fused-ring (bicyclic) bond motifs is 1. The number of aromatic nitrogens is 2. The van der Waals surface area contributed by atoms with Gasteiger partial charge >= 0.3 is 0 Å². The van der Waals surface area contributed by atoms with Gasteiger partial charge in [-0.3, -0.25) is 4.90 Å². The minimum absolute atomic E-state index is 0.746. The van der Waals surface area contributed by atoms with Crippen LogP contribution in [0.5, 0.6) is 0 Å².